The number of hydrogen-bond donors (Lipinski definition) is 2. The second kappa shape index (κ2) is 5.03. The average molecular weight is 220 g/mol. The van der Waals surface area contributed by atoms with Gasteiger partial charge in [-0.15, -0.1) is 0 Å². The third kappa shape index (κ3) is 3.80. The molecule has 0 bridgehead atoms. The van der Waals surface area contributed by atoms with Crippen LogP contribution in [0.2, 0.25) is 0 Å². The molecule has 0 heterocycles. The van der Waals surface area contributed by atoms with Crippen molar-refractivity contribution in [3.8, 4) is 6.07 Å². The molecular weight excluding hydrogens is 206 g/mol. The molecule has 1 unspecified atom stereocenters. The number of carbonyl (C=O) groups excluding carboxylic acids is 1. The number of hydrogen-bond acceptors (Lipinski definition) is 3. The molecule has 0 fully saturated rings. The third-order valence-electron chi connectivity index (χ3n) is 2.19. The van der Waals surface area contributed by atoms with Gasteiger partial charge in [0.05, 0.1) is 12.6 Å². The second-order valence-corrected chi connectivity index (χ2v) is 3.49. The Balaban J connectivity index is 4.34. The standard InChI is InChI=1S/C9H14F2N2O2/c1-3-8(2,4-12)7(15)13-5-9(10,11)6-14/h14H,3,5-6H2,1-2H3,(H,13,15). The monoisotopic (exact) mass is 220 g/mol. The van der Waals surface area contributed by atoms with Crippen molar-refractivity contribution in [1.82, 2.24) is 5.32 Å². The normalized spacial score (nSPS) is 15.2. The number of rotatable bonds is 5. The number of aliphatic hydroxyl groups is 1. The van der Waals surface area contributed by atoms with Crippen molar-refractivity contribution in [2.24, 2.45) is 5.41 Å². The highest BCUT2D eigenvalue weighted by Gasteiger charge is 2.34. The number of halogens is 2. The van der Waals surface area contributed by atoms with Gasteiger partial charge in [-0.1, -0.05) is 6.92 Å². The van der Waals surface area contributed by atoms with Crippen LogP contribution < -0.4 is 5.32 Å². The molecule has 0 radical (unpaired) electrons. The molecule has 0 saturated carbocycles. The molecule has 0 aromatic carbocycles. The fraction of sp³-hybridized carbons (Fsp3) is 0.778. The Morgan fingerprint density at radius 1 is 1.60 bits per heavy atom. The first-order valence-electron chi connectivity index (χ1n) is 4.49. The molecule has 0 spiro atoms. The van der Waals surface area contributed by atoms with Gasteiger partial charge in [-0.2, -0.15) is 5.26 Å². The van der Waals surface area contributed by atoms with Gasteiger partial charge in [-0.25, -0.2) is 8.78 Å². The SMILES string of the molecule is CCC(C)(C#N)C(=O)NCC(F)(F)CO. The zero-order chi connectivity index (χ0) is 12.1. The van der Waals surface area contributed by atoms with Crippen LogP contribution in [0.1, 0.15) is 20.3 Å². The van der Waals surface area contributed by atoms with Crippen LogP contribution in [0.15, 0.2) is 0 Å². The van der Waals surface area contributed by atoms with Crippen LogP contribution in [-0.2, 0) is 4.79 Å². The summed E-state index contributed by atoms with van der Waals surface area (Å²) in [6.07, 6.45) is 0.236. The maximum atomic E-state index is 12.6. The van der Waals surface area contributed by atoms with Crippen LogP contribution in [0.3, 0.4) is 0 Å². The molecule has 1 atom stereocenters. The van der Waals surface area contributed by atoms with E-state index in [0.717, 1.165) is 0 Å². The van der Waals surface area contributed by atoms with Crippen molar-refractivity contribution >= 4 is 5.91 Å². The van der Waals surface area contributed by atoms with Gasteiger partial charge in [0, 0.05) is 0 Å². The second-order valence-electron chi connectivity index (χ2n) is 3.49. The van der Waals surface area contributed by atoms with Gasteiger partial charge < -0.3 is 10.4 Å². The zero-order valence-corrected chi connectivity index (χ0v) is 8.68. The van der Waals surface area contributed by atoms with Crippen molar-refractivity contribution in [1.29, 1.82) is 5.26 Å². The van der Waals surface area contributed by atoms with E-state index in [1.54, 1.807) is 13.0 Å². The van der Waals surface area contributed by atoms with Crippen LogP contribution in [0.25, 0.3) is 0 Å². The maximum absolute atomic E-state index is 12.6. The summed E-state index contributed by atoms with van der Waals surface area (Å²) in [5, 5.41) is 18.9. The van der Waals surface area contributed by atoms with Gasteiger partial charge in [0.15, 0.2) is 0 Å². The van der Waals surface area contributed by atoms with Gasteiger partial charge in [0.25, 0.3) is 5.92 Å². The van der Waals surface area contributed by atoms with E-state index in [-0.39, 0.29) is 6.42 Å². The molecule has 1 amide bonds. The van der Waals surface area contributed by atoms with Gasteiger partial charge in [0.1, 0.15) is 12.0 Å². The molecule has 0 aromatic rings. The highest BCUT2D eigenvalue weighted by molar-refractivity contribution is 5.84. The van der Waals surface area contributed by atoms with E-state index in [0.29, 0.717) is 0 Å². The topological polar surface area (TPSA) is 73.1 Å². The van der Waals surface area contributed by atoms with Crippen molar-refractivity contribution < 1.29 is 18.7 Å². The molecule has 2 N–H and O–H groups in total. The first-order chi connectivity index (χ1) is 6.81. The molecule has 0 aliphatic rings. The van der Waals surface area contributed by atoms with E-state index in [9.17, 15) is 13.6 Å². The van der Waals surface area contributed by atoms with Crippen molar-refractivity contribution in [3.05, 3.63) is 0 Å². The predicted molar refractivity (Wildman–Crippen MR) is 49.1 cm³/mol. The van der Waals surface area contributed by atoms with Crippen LogP contribution in [-0.4, -0.2) is 30.1 Å². The molecule has 0 aromatic heterocycles. The number of nitriles is 1. The van der Waals surface area contributed by atoms with Crippen LogP contribution in [0.4, 0.5) is 8.78 Å². The molecule has 4 nitrogen and oxygen atoms in total. The Kier molecular flexibility index (Phi) is 4.62. The zero-order valence-electron chi connectivity index (χ0n) is 8.68. The lowest BCUT2D eigenvalue weighted by atomic mass is 9.88. The van der Waals surface area contributed by atoms with Gasteiger partial charge >= 0.3 is 0 Å². The number of nitrogens with one attached hydrogen (secondary N) is 1. The fourth-order valence-electron chi connectivity index (χ4n) is 0.751. The van der Waals surface area contributed by atoms with Crippen molar-refractivity contribution in [2.45, 2.75) is 26.2 Å². The van der Waals surface area contributed by atoms with E-state index >= 15 is 0 Å². The van der Waals surface area contributed by atoms with Crippen LogP contribution in [0.5, 0.6) is 0 Å². The van der Waals surface area contributed by atoms with Crippen LogP contribution >= 0.6 is 0 Å². The molecular formula is C9H14F2N2O2. The van der Waals surface area contributed by atoms with E-state index in [1.165, 1.54) is 6.92 Å². The van der Waals surface area contributed by atoms with E-state index in [4.69, 9.17) is 10.4 Å². The average Bonchev–Trinajstić information content (AvgIpc) is 2.24. The summed E-state index contributed by atoms with van der Waals surface area (Å²) in [6.45, 7) is 0.703. The molecule has 0 aliphatic carbocycles. The van der Waals surface area contributed by atoms with Gasteiger partial charge in [-0.05, 0) is 13.3 Å². The Hall–Kier alpha value is -1.22. The first kappa shape index (κ1) is 13.8. The van der Waals surface area contributed by atoms with Gasteiger partial charge in [0.2, 0.25) is 5.91 Å². The fourth-order valence-corrected chi connectivity index (χ4v) is 0.751. The van der Waals surface area contributed by atoms with Crippen molar-refractivity contribution in [3.63, 3.8) is 0 Å². The molecule has 0 rings (SSSR count). The summed E-state index contributed by atoms with van der Waals surface area (Å²) in [5.41, 5.74) is -1.30. The lowest BCUT2D eigenvalue weighted by Gasteiger charge is -2.20. The van der Waals surface area contributed by atoms with Crippen molar-refractivity contribution in [2.75, 3.05) is 13.2 Å². The summed E-state index contributed by atoms with van der Waals surface area (Å²) in [5.74, 6) is -4.10. The predicted octanol–water partition coefficient (Wildman–Crippen LogP) is 0.670. The minimum Gasteiger partial charge on any atom is -0.390 e. The smallest absolute Gasteiger partial charge is 0.287 e. The molecule has 86 valence electrons. The summed E-state index contributed by atoms with van der Waals surface area (Å²) in [6, 6.07) is 1.76. The highest BCUT2D eigenvalue weighted by Crippen LogP contribution is 2.20. The lowest BCUT2D eigenvalue weighted by Crippen LogP contribution is -2.44. The largest absolute Gasteiger partial charge is 0.390 e. The number of alkyl halides is 2. The minimum atomic E-state index is -3.35. The molecule has 0 saturated heterocycles. The summed E-state index contributed by atoms with van der Waals surface area (Å²) < 4.78 is 25.1. The molecule has 15 heavy (non-hydrogen) atoms. The van der Waals surface area contributed by atoms with Gasteiger partial charge in [-0.3, -0.25) is 4.79 Å². The van der Waals surface area contributed by atoms with E-state index in [1.807, 2.05) is 5.32 Å². The number of amides is 1. The Morgan fingerprint density at radius 3 is 2.47 bits per heavy atom. The summed E-state index contributed by atoms with van der Waals surface area (Å²) in [4.78, 5) is 11.3. The van der Waals surface area contributed by atoms with E-state index in [2.05, 4.69) is 0 Å². The Bertz CT molecular complexity index is 276. The molecule has 0 aliphatic heterocycles. The van der Waals surface area contributed by atoms with E-state index < -0.39 is 30.4 Å². The Labute approximate surface area is 86.9 Å². The minimum absolute atomic E-state index is 0.236. The molecule has 6 heteroatoms. The number of aliphatic hydroxyl groups excluding tert-OH is 1. The number of carbonyl (C=O) groups is 1. The Morgan fingerprint density at radius 2 is 2.13 bits per heavy atom. The summed E-state index contributed by atoms with van der Waals surface area (Å²) >= 11 is 0. The highest BCUT2D eigenvalue weighted by atomic mass is 19.3. The number of nitrogens with zero attached hydrogens (tertiary/aromatic N) is 1. The first-order valence-corrected chi connectivity index (χ1v) is 4.49. The summed E-state index contributed by atoms with van der Waals surface area (Å²) in [7, 11) is 0. The lowest BCUT2D eigenvalue weighted by molar-refractivity contribution is -0.130. The third-order valence-corrected chi connectivity index (χ3v) is 2.19. The maximum Gasteiger partial charge on any atom is 0.287 e. The van der Waals surface area contributed by atoms with Crippen LogP contribution in [0, 0.1) is 16.7 Å². The quantitative estimate of drug-likeness (QED) is 0.715.